The standard InChI is InChI=1S/C63H45NO/c1-63(2)58-40-50(46-27-25-45(26-28-46)44-23-21-43(22-24-44)42-13-5-3-6-14-42)31-36-54(58)55-37-35-52(41-59(55)63)64(60-19-11-9-17-53(60)48-15-7-4-8-16-48)51-33-29-47(30-34-51)49-32-38-62-57(39-49)56-18-10-12-20-61(56)65-62/h3-41H,1-2H3. The molecule has 12 rings (SSSR count). The topological polar surface area (TPSA) is 16.4 Å². The van der Waals surface area contributed by atoms with E-state index in [4.69, 9.17) is 4.42 Å². The van der Waals surface area contributed by atoms with E-state index < -0.39 is 0 Å². The summed E-state index contributed by atoms with van der Waals surface area (Å²) < 4.78 is 6.16. The van der Waals surface area contributed by atoms with Crippen LogP contribution in [0.1, 0.15) is 25.0 Å². The smallest absolute Gasteiger partial charge is 0.135 e. The fraction of sp³-hybridized carbons (Fsp3) is 0.0476. The second-order valence-corrected chi connectivity index (χ2v) is 17.7. The van der Waals surface area contributed by atoms with E-state index in [2.05, 4.69) is 243 Å². The van der Waals surface area contributed by atoms with Gasteiger partial charge >= 0.3 is 0 Å². The Morgan fingerprint density at radius 3 is 1.43 bits per heavy atom. The van der Waals surface area contributed by atoms with Crippen molar-refractivity contribution in [2.24, 2.45) is 0 Å². The van der Waals surface area contributed by atoms with Crippen LogP contribution in [0.3, 0.4) is 0 Å². The van der Waals surface area contributed by atoms with Crippen LogP contribution in [-0.2, 0) is 5.41 Å². The zero-order valence-corrected chi connectivity index (χ0v) is 36.4. The molecule has 1 aliphatic carbocycles. The highest BCUT2D eigenvalue weighted by atomic mass is 16.3. The molecule has 0 unspecified atom stereocenters. The Labute approximate surface area is 380 Å². The molecule has 0 atom stereocenters. The highest BCUT2D eigenvalue weighted by Crippen LogP contribution is 2.52. The number of fused-ring (bicyclic) bond motifs is 6. The van der Waals surface area contributed by atoms with E-state index in [1.807, 2.05) is 12.1 Å². The van der Waals surface area contributed by atoms with E-state index in [0.29, 0.717) is 0 Å². The van der Waals surface area contributed by atoms with Gasteiger partial charge in [-0.15, -0.1) is 0 Å². The number of anilines is 3. The molecule has 0 aliphatic heterocycles. The molecular weight excluding hydrogens is 787 g/mol. The fourth-order valence-corrected chi connectivity index (χ4v) is 10.1. The minimum atomic E-state index is -0.221. The molecule has 0 radical (unpaired) electrons. The number of nitrogens with zero attached hydrogens (tertiary/aromatic N) is 1. The first-order valence-corrected chi connectivity index (χ1v) is 22.5. The first kappa shape index (κ1) is 38.5. The summed E-state index contributed by atoms with van der Waals surface area (Å²) in [5.74, 6) is 0. The molecule has 2 nitrogen and oxygen atoms in total. The molecule has 1 aliphatic rings. The van der Waals surface area contributed by atoms with E-state index in [9.17, 15) is 0 Å². The van der Waals surface area contributed by atoms with Crippen LogP contribution in [0.4, 0.5) is 17.1 Å². The first-order chi connectivity index (χ1) is 32.0. The predicted octanol–water partition coefficient (Wildman–Crippen LogP) is 17.7. The largest absolute Gasteiger partial charge is 0.456 e. The summed E-state index contributed by atoms with van der Waals surface area (Å²) in [6, 6.07) is 85.9. The van der Waals surface area contributed by atoms with Crippen molar-refractivity contribution in [3.8, 4) is 66.8 Å². The molecule has 11 aromatic rings. The van der Waals surface area contributed by atoms with Crippen molar-refractivity contribution in [3.63, 3.8) is 0 Å². The van der Waals surface area contributed by atoms with Gasteiger partial charge in [-0.2, -0.15) is 0 Å². The molecule has 0 saturated heterocycles. The minimum Gasteiger partial charge on any atom is -0.456 e. The van der Waals surface area contributed by atoms with Gasteiger partial charge in [-0.3, -0.25) is 0 Å². The molecule has 0 amide bonds. The summed E-state index contributed by atoms with van der Waals surface area (Å²) in [4.78, 5) is 2.43. The fourth-order valence-electron chi connectivity index (χ4n) is 10.1. The third-order valence-electron chi connectivity index (χ3n) is 13.5. The number of rotatable bonds is 8. The van der Waals surface area contributed by atoms with Crippen LogP contribution >= 0.6 is 0 Å². The summed E-state index contributed by atoms with van der Waals surface area (Å²) in [6.45, 7) is 4.76. The van der Waals surface area contributed by atoms with Crippen molar-refractivity contribution in [1.82, 2.24) is 0 Å². The van der Waals surface area contributed by atoms with Crippen LogP contribution in [-0.4, -0.2) is 0 Å². The van der Waals surface area contributed by atoms with Gasteiger partial charge in [0.2, 0.25) is 0 Å². The number of benzene rings is 10. The molecule has 0 N–H and O–H groups in total. The zero-order valence-electron chi connectivity index (χ0n) is 36.4. The lowest BCUT2D eigenvalue weighted by atomic mass is 9.81. The Kier molecular flexibility index (Phi) is 9.21. The first-order valence-electron chi connectivity index (χ1n) is 22.5. The molecule has 10 aromatic carbocycles. The highest BCUT2D eigenvalue weighted by Gasteiger charge is 2.36. The van der Waals surface area contributed by atoms with Crippen LogP contribution in [0.15, 0.2) is 241 Å². The van der Waals surface area contributed by atoms with Gasteiger partial charge in [0.15, 0.2) is 0 Å². The van der Waals surface area contributed by atoms with E-state index >= 15 is 0 Å². The van der Waals surface area contributed by atoms with Gasteiger partial charge in [0, 0.05) is 33.1 Å². The van der Waals surface area contributed by atoms with Crippen LogP contribution in [0, 0.1) is 0 Å². The normalized spacial score (nSPS) is 12.6. The zero-order chi connectivity index (χ0) is 43.5. The lowest BCUT2D eigenvalue weighted by Crippen LogP contribution is -2.17. The van der Waals surface area contributed by atoms with Crippen LogP contribution in [0.25, 0.3) is 88.7 Å². The Hall–Kier alpha value is -8.20. The molecule has 0 fully saturated rings. The lowest BCUT2D eigenvalue weighted by molar-refractivity contribution is 0.660. The average Bonchev–Trinajstić information content (AvgIpc) is 3.85. The molecule has 65 heavy (non-hydrogen) atoms. The van der Waals surface area contributed by atoms with E-state index in [1.54, 1.807) is 0 Å². The molecule has 0 saturated carbocycles. The predicted molar refractivity (Wildman–Crippen MR) is 273 cm³/mol. The second-order valence-electron chi connectivity index (χ2n) is 17.7. The maximum absolute atomic E-state index is 6.16. The molecular formula is C63H45NO. The second kappa shape index (κ2) is 15.6. The minimum absolute atomic E-state index is 0.221. The lowest BCUT2D eigenvalue weighted by Gasteiger charge is -2.30. The summed E-state index contributed by atoms with van der Waals surface area (Å²) >= 11 is 0. The summed E-state index contributed by atoms with van der Waals surface area (Å²) in [5, 5.41) is 2.27. The van der Waals surface area contributed by atoms with Crippen molar-refractivity contribution in [2.45, 2.75) is 19.3 Å². The molecule has 2 heteroatoms. The molecule has 0 bridgehead atoms. The number of hydrogen-bond acceptors (Lipinski definition) is 2. The average molecular weight is 832 g/mol. The van der Waals surface area contributed by atoms with Crippen molar-refractivity contribution in [2.75, 3.05) is 4.90 Å². The van der Waals surface area contributed by atoms with Gasteiger partial charge in [0.05, 0.1) is 5.69 Å². The Morgan fingerprint density at radius 1 is 0.308 bits per heavy atom. The van der Waals surface area contributed by atoms with Gasteiger partial charge in [0.1, 0.15) is 11.2 Å². The van der Waals surface area contributed by atoms with Gasteiger partial charge in [0.25, 0.3) is 0 Å². The van der Waals surface area contributed by atoms with Gasteiger partial charge in [-0.05, 0) is 127 Å². The molecule has 0 spiro atoms. The van der Waals surface area contributed by atoms with Crippen molar-refractivity contribution in [1.29, 1.82) is 0 Å². The molecule has 308 valence electrons. The Morgan fingerprint density at radius 2 is 0.754 bits per heavy atom. The number of para-hydroxylation sites is 2. The van der Waals surface area contributed by atoms with E-state index in [1.165, 1.54) is 66.8 Å². The summed E-state index contributed by atoms with van der Waals surface area (Å²) in [6.07, 6.45) is 0. The maximum Gasteiger partial charge on any atom is 0.135 e. The monoisotopic (exact) mass is 831 g/mol. The van der Waals surface area contributed by atoms with Gasteiger partial charge in [-0.1, -0.05) is 196 Å². The maximum atomic E-state index is 6.16. The van der Waals surface area contributed by atoms with Crippen molar-refractivity contribution in [3.05, 3.63) is 248 Å². The Bertz CT molecular complexity index is 3530. The third-order valence-corrected chi connectivity index (χ3v) is 13.5. The van der Waals surface area contributed by atoms with E-state index in [0.717, 1.165) is 50.1 Å². The summed E-state index contributed by atoms with van der Waals surface area (Å²) in [5.41, 5.74) is 22.3. The van der Waals surface area contributed by atoms with E-state index in [-0.39, 0.29) is 5.41 Å². The summed E-state index contributed by atoms with van der Waals surface area (Å²) in [7, 11) is 0. The quantitative estimate of drug-likeness (QED) is 0.152. The van der Waals surface area contributed by atoms with Crippen molar-refractivity contribution < 1.29 is 4.42 Å². The van der Waals surface area contributed by atoms with Crippen LogP contribution < -0.4 is 4.90 Å². The number of hydrogen-bond donors (Lipinski definition) is 0. The SMILES string of the molecule is CC1(C)c2cc(-c3ccc(-c4ccc(-c5ccccc5)cc4)cc3)ccc2-c2ccc(N(c3ccc(-c4ccc5oc6ccccc6c5c4)cc3)c3ccccc3-c3ccccc3)cc21. The van der Waals surface area contributed by atoms with Crippen LogP contribution in [0.2, 0.25) is 0 Å². The van der Waals surface area contributed by atoms with Crippen molar-refractivity contribution >= 4 is 39.0 Å². The van der Waals surface area contributed by atoms with Crippen LogP contribution in [0.5, 0.6) is 0 Å². The third kappa shape index (κ3) is 6.74. The van der Waals surface area contributed by atoms with Gasteiger partial charge in [-0.25, -0.2) is 0 Å². The highest BCUT2D eigenvalue weighted by molar-refractivity contribution is 6.06. The Balaban J connectivity index is 0.892. The molecule has 1 heterocycles. The number of furan rings is 1. The molecule has 1 aromatic heterocycles. The van der Waals surface area contributed by atoms with Gasteiger partial charge < -0.3 is 9.32 Å².